The van der Waals surface area contributed by atoms with E-state index >= 15 is 0 Å². The van der Waals surface area contributed by atoms with Gasteiger partial charge in [-0.2, -0.15) is 0 Å². The Morgan fingerprint density at radius 3 is 2.68 bits per heavy atom. The maximum atomic E-state index is 12.7. The summed E-state index contributed by atoms with van der Waals surface area (Å²) in [5, 5.41) is 2.70. The molecule has 0 spiro atoms. The highest BCUT2D eigenvalue weighted by Gasteiger charge is 2.10. The first-order chi connectivity index (χ1) is 10.6. The van der Waals surface area contributed by atoms with Crippen molar-refractivity contribution >= 4 is 21.8 Å². The lowest BCUT2D eigenvalue weighted by atomic mass is 10.2. The van der Waals surface area contributed by atoms with E-state index in [1.54, 1.807) is 37.4 Å². The number of rotatable bonds is 3. The Morgan fingerprint density at radius 1 is 1.27 bits per heavy atom. The van der Waals surface area contributed by atoms with E-state index in [9.17, 15) is 9.18 Å². The number of halogens is 2. The summed E-state index contributed by atoms with van der Waals surface area (Å²) < 4.78 is 18.5. The predicted molar refractivity (Wildman–Crippen MR) is 86.3 cm³/mol. The minimum Gasteiger partial charge on any atom is -0.497 e. The lowest BCUT2D eigenvalue weighted by Gasteiger charge is -2.06. The number of amides is 1. The zero-order chi connectivity index (χ0) is 15.9. The molecule has 1 N–H and O–H groups in total. The molecule has 2 rings (SSSR count). The van der Waals surface area contributed by atoms with E-state index in [0.717, 1.165) is 0 Å². The maximum absolute atomic E-state index is 12.7. The van der Waals surface area contributed by atoms with Crippen molar-refractivity contribution in [3.8, 4) is 17.6 Å². The number of benzene rings is 2. The number of hydrogen-bond acceptors (Lipinski definition) is 2. The van der Waals surface area contributed by atoms with Gasteiger partial charge in [-0.15, -0.1) is 0 Å². The van der Waals surface area contributed by atoms with Gasteiger partial charge in [0, 0.05) is 10.0 Å². The van der Waals surface area contributed by atoms with Crippen LogP contribution in [0.1, 0.15) is 15.9 Å². The van der Waals surface area contributed by atoms with Crippen LogP contribution in [-0.2, 0) is 0 Å². The number of ether oxygens (including phenoxy) is 1. The highest BCUT2D eigenvalue weighted by Crippen LogP contribution is 2.22. The van der Waals surface area contributed by atoms with Crippen molar-refractivity contribution in [3.63, 3.8) is 0 Å². The molecule has 0 saturated heterocycles. The summed E-state index contributed by atoms with van der Waals surface area (Å²) in [6, 6.07) is 11.0. The Hall–Kier alpha value is -2.32. The lowest BCUT2D eigenvalue weighted by molar-refractivity contribution is 0.0957. The standard InChI is InChI=1S/C17H13BrFNO2/c1-22-14-8-9-16(18)15(11-14)17(21)20-10-2-3-12-4-6-13(19)7-5-12/h4-9,11H,10H2,1H3,(H,20,21). The van der Waals surface area contributed by atoms with Crippen LogP contribution < -0.4 is 10.1 Å². The van der Waals surface area contributed by atoms with Crippen LogP contribution >= 0.6 is 15.9 Å². The number of carbonyl (C=O) groups excluding carboxylic acids is 1. The molecule has 0 aliphatic carbocycles. The topological polar surface area (TPSA) is 38.3 Å². The first-order valence-corrected chi connectivity index (χ1v) is 7.25. The normalized spacial score (nSPS) is 9.59. The van der Waals surface area contributed by atoms with Crippen LogP contribution in [0.3, 0.4) is 0 Å². The second kappa shape index (κ2) is 7.62. The fourth-order valence-electron chi connectivity index (χ4n) is 1.70. The van der Waals surface area contributed by atoms with Crippen LogP contribution in [0.5, 0.6) is 5.75 Å². The summed E-state index contributed by atoms with van der Waals surface area (Å²) in [5.74, 6) is 5.71. The molecule has 2 aromatic carbocycles. The van der Waals surface area contributed by atoms with Crippen LogP contribution in [0.15, 0.2) is 46.9 Å². The second-order valence-electron chi connectivity index (χ2n) is 4.34. The van der Waals surface area contributed by atoms with Crippen molar-refractivity contribution in [2.24, 2.45) is 0 Å². The fraction of sp³-hybridized carbons (Fsp3) is 0.118. The summed E-state index contributed by atoms with van der Waals surface area (Å²) in [4.78, 5) is 12.1. The van der Waals surface area contributed by atoms with E-state index in [1.165, 1.54) is 12.1 Å². The Balaban J connectivity index is 1.97. The van der Waals surface area contributed by atoms with Crippen molar-refractivity contribution in [1.82, 2.24) is 5.32 Å². The van der Waals surface area contributed by atoms with E-state index in [1.807, 2.05) is 0 Å². The van der Waals surface area contributed by atoms with Gasteiger partial charge in [0.15, 0.2) is 0 Å². The third-order valence-electron chi connectivity index (χ3n) is 2.83. The van der Waals surface area contributed by atoms with Crippen LogP contribution in [-0.4, -0.2) is 19.6 Å². The third kappa shape index (κ3) is 4.34. The van der Waals surface area contributed by atoms with Crippen LogP contribution in [0, 0.1) is 17.7 Å². The fourth-order valence-corrected chi connectivity index (χ4v) is 2.13. The molecule has 22 heavy (non-hydrogen) atoms. The molecule has 112 valence electrons. The van der Waals surface area contributed by atoms with E-state index in [0.29, 0.717) is 21.3 Å². The first-order valence-electron chi connectivity index (χ1n) is 6.46. The van der Waals surface area contributed by atoms with Crippen molar-refractivity contribution in [2.45, 2.75) is 0 Å². The van der Waals surface area contributed by atoms with Gasteiger partial charge >= 0.3 is 0 Å². The third-order valence-corrected chi connectivity index (χ3v) is 3.52. The molecular formula is C17H13BrFNO2. The van der Waals surface area contributed by atoms with Crippen molar-refractivity contribution in [2.75, 3.05) is 13.7 Å². The van der Waals surface area contributed by atoms with Crippen molar-refractivity contribution < 1.29 is 13.9 Å². The van der Waals surface area contributed by atoms with E-state index < -0.39 is 0 Å². The minimum atomic E-state index is -0.304. The van der Waals surface area contributed by atoms with E-state index in [-0.39, 0.29) is 18.3 Å². The molecule has 3 nitrogen and oxygen atoms in total. The number of carbonyl (C=O) groups is 1. The van der Waals surface area contributed by atoms with Gasteiger partial charge in [-0.1, -0.05) is 11.8 Å². The molecule has 0 radical (unpaired) electrons. The zero-order valence-corrected chi connectivity index (χ0v) is 13.4. The quantitative estimate of drug-likeness (QED) is 0.851. The SMILES string of the molecule is COc1ccc(Br)c(C(=O)NCC#Cc2ccc(F)cc2)c1. The smallest absolute Gasteiger partial charge is 0.253 e. The van der Waals surface area contributed by atoms with Gasteiger partial charge in [0.05, 0.1) is 19.2 Å². The molecule has 0 fully saturated rings. The van der Waals surface area contributed by atoms with Crippen LogP contribution in [0.4, 0.5) is 4.39 Å². The largest absolute Gasteiger partial charge is 0.497 e. The monoisotopic (exact) mass is 361 g/mol. The molecule has 0 bridgehead atoms. The second-order valence-corrected chi connectivity index (χ2v) is 5.19. The Kier molecular flexibility index (Phi) is 5.56. The Bertz CT molecular complexity index is 733. The van der Waals surface area contributed by atoms with Crippen LogP contribution in [0.2, 0.25) is 0 Å². The average molecular weight is 362 g/mol. The summed E-state index contributed by atoms with van der Waals surface area (Å²) in [6.45, 7) is 0.194. The molecule has 0 aliphatic rings. The maximum Gasteiger partial charge on any atom is 0.253 e. The molecule has 0 atom stereocenters. The molecule has 0 heterocycles. The molecule has 0 saturated carbocycles. The van der Waals surface area contributed by atoms with Crippen LogP contribution in [0.25, 0.3) is 0 Å². The van der Waals surface area contributed by atoms with E-state index in [4.69, 9.17) is 4.74 Å². The molecule has 1 amide bonds. The van der Waals surface area contributed by atoms with Gasteiger partial charge < -0.3 is 10.1 Å². The Labute approximate surface area is 136 Å². The van der Waals surface area contributed by atoms with E-state index in [2.05, 4.69) is 33.1 Å². The lowest BCUT2D eigenvalue weighted by Crippen LogP contribution is -2.24. The number of hydrogen-bond donors (Lipinski definition) is 1. The van der Waals surface area contributed by atoms with Crippen molar-refractivity contribution in [3.05, 3.63) is 63.9 Å². The van der Waals surface area contributed by atoms with Gasteiger partial charge in [0.2, 0.25) is 0 Å². The molecular weight excluding hydrogens is 349 g/mol. The summed E-state index contributed by atoms with van der Waals surface area (Å²) >= 11 is 3.32. The summed E-state index contributed by atoms with van der Waals surface area (Å²) in [6.07, 6.45) is 0. The minimum absolute atomic E-state index is 0.194. The first kappa shape index (κ1) is 16.1. The molecule has 2 aromatic rings. The van der Waals surface area contributed by atoms with Gasteiger partial charge in [0.1, 0.15) is 11.6 Å². The van der Waals surface area contributed by atoms with Crippen molar-refractivity contribution in [1.29, 1.82) is 0 Å². The summed E-state index contributed by atoms with van der Waals surface area (Å²) in [7, 11) is 1.54. The number of nitrogens with one attached hydrogen (secondary N) is 1. The van der Waals surface area contributed by atoms with Gasteiger partial charge in [-0.05, 0) is 58.4 Å². The summed E-state index contributed by atoms with van der Waals surface area (Å²) in [5.41, 5.74) is 1.17. The number of methoxy groups -OCH3 is 1. The van der Waals surface area contributed by atoms with Gasteiger partial charge in [-0.3, -0.25) is 4.79 Å². The molecule has 0 aromatic heterocycles. The molecule has 5 heteroatoms. The predicted octanol–water partition coefficient (Wildman–Crippen LogP) is 3.38. The molecule has 0 aliphatic heterocycles. The Morgan fingerprint density at radius 2 is 2.00 bits per heavy atom. The molecule has 0 unspecified atom stereocenters. The zero-order valence-electron chi connectivity index (χ0n) is 11.8. The van der Waals surface area contributed by atoms with Gasteiger partial charge in [-0.25, -0.2) is 4.39 Å². The average Bonchev–Trinajstić information content (AvgIpc) is 2.53. The van der Waals surface area contributed by atoms with Gasteiger partial charge in [0.25, 0.3) is 5.91 Å². The highest BCUT2D eigenvalue weighted by atomic mass is 79.9. The highest BCUT2D eigenvalue weighted by molar-refractivity contribution is 9.10.